The van der Waals surface area contributed by atoms with E-state index in [0.29, 0.717) is 24.1 Å². The average molecular weight is 289 g/mol. The highest BCUT2D eigenvalue weighted by Crippen LogP contribution is 2.27. The van der Waals surface area contributed by atoms with E-state index in [4.69, 9.17) is 0 Å². The van der Waals surface area contributed by atoms with Gasteiger partial charge in [-0.15, -0.1) is 0 Å². The van der Waals surface area contributed by atoms with Crippen LogP contribution in [0.4, 0.5) is 20.3 Å². The summed E-state index contributed by atoms with van der Waals surface area (Å²) in [7, 11) is 1.80. The first-order valence-electron chi connectivity index (χ1n) is 7.00. The third-order valence-electron chi connectivity index (χ3n) is 3.58. The summed E-state index contributed by atoms with van der Waals surface area (Å²) in [5.74, 6) is -0.0340. The molecular formula is C16H17F2N3. The topological polar surface area (TPSA) is 28.2 Å². The van der Waals surface area contributed by atoms with Crippen LogP contribution in [0.2, 0.25) is 0 Å². The van der Waals surface area contributed by atoms with Crippen LogP contribution in [0.5, 0.6) is 0 Å². The fourth-order valence-electron chi connectivity index (χ4n) is 2.25. The van der Waals surface area contributed by atoms with Crippen LogP contribution in [-0.2, 0) is 6.54 Å². The minimum Gasteiger partial charge on any atom is -0.329 e. The lowest BCUT2D eigenvalue weighted by molar-refractivity contribution is 0.611. The molecule has 21 heavy (non-hydrogen) atoms. The molecule has 0 spiro atoms. The molecule has 1 aromatic heterocycles. The smallest absolute Gasteiger partial charge is 0.141 e. The van der Waals surface area contributed by atoms with Crippen LogP contribution in [0.3, 0.4) is 0 Å². The maximum Gasteiger partial charge on any atom is 0.141 e. The fourth-order valence-corrected chi connectivity index (χ4v) is 2.25. The molecule has 0 amide bonds. The number of hydrogen-bond donors (Lipinski definition) is 1. The first kappa shape index (κ1) is 13.9. The maximum atomic E-state index is 13.4. The standard InChI is InChI=1S/C16H17F2N3/c1-21(15-4-2-3-12(17)8-15)16-11(7-13(18)10-20-16)9-19-14-5-6-14/h2-4,7-8,10,14,19H,5-6,9H2,1H3. The number of anilines is 2. The number of aromatic nitrogens is 1. The van der Waals surface area contributed by atoms with Crippen LogP contribution in [0.15, 0.2) is 36.5 Å². The van der Waals surface area contributed by atoms with Gasteiger partial charge in [0.15, 0.2) is 0 Å². The third kappa shape index (κ3) is 3.36. The van der Waals surface area contributed by atoms with E-state index in [0.717, 1.165) is 18.4 Å². The molecule has 0 unspecified atom stereocenters. The quantitative estimate of drug-likeness (QED) is 0.914. The van der Waals surface area contributed by atoms with Crippen molar-refractivity contribution >= 4 is 11.5 Å². The Bertz CT molecular complexity index is 641. The molecule has 3 nitrogen and oxygen atoms in total. The highest BCUT2D eigenvalue weighted by Gasteiger charge is 2.21. The van der Waals surface area contributed by atoms with E-state index in [-0.39, 0.29) is 11.6 Å². The molecule has 1 aliphatic rings. The molecule has 0 radical (unpaired) electrons. The molecule has 0 saturated heterocycles. The Morgan fingerprint density at radius 3 is 2.76 bits per heavy atom. The summed E-state index contributed by atoms with van der Waals surface area (Å²) in [6.45, 7) is 0.560. The van der Waals surface area contributed by atoms with Crippen molar-refractivity contribution in [2.75, 3.05) is 11.9 Å². The lowest BCUT2D eigenvalue weighted by Crippen LogP contribution is -2.20. The normalized spacial score (nSPS) is 14.2. The summed E-state index contributed by atoms with van der Waals surface area (Å²) in [5.41, 5.74) is 1.45. The Kier molecular flexibility index (Phi) is 3.84. The Hall–Kier alpha value is -2.01. The molecule has 0 atom stereocenters. The van der Waals surface area contributed by atoms with Gasteiger partial charge in [0.1, 0.15) is 17.5 Å². The first-order valence-corrected chi connectivity index (χ1v) is 7.00. The number of halogens is 2. The lowest BCUT2D eigenvalue weighted by atomic mass is 10.2. The second kappa shape index (κ2) is 5.77. The third-order valence-corrected chi connectivity index (χ3v) is 3.58. The molecule has 0 bridgehead atoms. The number of hydrogen-bond acceptors (Lipinski definition) is 3. The first-order chi connectivity index (χ1) is 10.1. The number of nitrogens with zero attached hydrogens (tertiary/aromatic N) is 2. The van der Waals surface area contributed by atoms with Crippen molar-refractivity contribution < 1.29 is 8.78 Å². The summed E-state index contributed by atoms with van der Waals surface area (Å²) in [6.07, 6.45) is 3.52. The summed E-state index contributed by atoms with van der Waals surface area (Å²) < 4.78 is 26.8. The Labute approximate surface area is 122 Å². The minimum atomic E-state index is -0.362. The van der Waals surface area contributed by atoms with Gasteiger partial charge in [0.2, 0.25) is 0 Å². The zero-order chi connectivity index (χ0) is 14.8. The van der Waals surface area contributed by atoms with Crippen LogP contribution in [0, 0.1) is 11.6 Å². The number of nitrogens with one attached hydrogen (secondary N) is 1. The van der Waals surface area contributed by atoms with Crippen molar-refractivity contribution in [3.05, 3.63) is 53.7 Å². The molecule has 1 heterocycles. The van der Waals surface area contributed by atoms with Gasteiger partial charge in [-0.05, 0) is 37.1 Å². The SMILES string of the molecule is CN(c1cccc(F)c1)c1ncc(F)cc1CNC1CC1. The summed E-state index contributed by atoms with van der Waals surface area (Å²) in [5, 5.41) is 3.35. The van der Waals surface area contributed by atoms with Crippen LogP contribution < -0.4 is 10.2 Å². The molecule has 1 aromatic carbocycles. The maximum absolute atomic E-state index is 13.4. The van der Waals surface area contributed by atoms with Gasteiger partial charge in [-0.3, -0.25) is 0 Å². The number of rotatable bonds is 5. The van der Waals surface area contributed by atoms with E-state index in [1.54, 1.807) is 24.1 Å². The minimum absolute atomic E-state index is 0.306. The number of benzene rings is 1. The van der Waals surface area contributed by atoms with Crippen molar-refractivity contribution in [3.63, 3.8) is 0 Å². The van der Waals surface area contributed by atoms with Gasteiger partial charge in [-0.1, -0.05) is 6.07 Å². The van der Waals surface area contributed by atoms with Crippen molar-refractivity contribution in [2.24, 2.45) is 0 Å². The summed E-state index contributed by atoms with van der Waals surface area (Å²) in [6, 6.07) is 8.28. The lowest BCUT2D eigenvalue weighted by Gasteiger charge is -2.21. The van der Waals surface area contributed by atoms with E-state index in [1.165, 1.54) is 24.4 Å². The highest BCUT2D eigenvalue weighted by atomic mass is 19.1. The van der Waals surface area contributed by atoms with Gasteiger partial charge in [-0.2, -0.15) is 0 Å². The predicted molar refractivity (Wildman–Crippen MR) is 78.5 cm³/mol. The van der Waals surface area contributed by atoms with Crippen LogP contribution in [0.25, 0.3) is 0 Å². The van der Waals surface area contributed by atoms with E-state index < -0.39 is 0 Å². The van der Waals surface area contributed by atoms with Crippen molar-refractivity contribution in [2.45, 2.75) is 25.4 Å². The molecule has 1 saturated carbocycles. The van der Waals surface area contributed by atoms with Gasteiger partial charge in [0, 0.05) is 30.9 Å². The highest BCUT2D eigenvalue weighted by molar-refractivity contribution is 5.62. The summed E-state index contributed by atoms with van der Waals surface area (Å²) in [4.78, 5) is 5.94. The van der Waals surface area contributed by atoms with E-state index in [1.807, 2.05) is 0 Å². The average Bonchev–Trinajstić information content (AvgIpc) is 3.29. The zero-order valence-electron chi connectivity index (χ0n) is 11.8. The monoisotopic (exact) mass is 289 g/mol. The molecule has 1 N–H and O–H groups in total. The fraction of sp³-hybridized carbons (Fsp3) is 0.312. The Morgan fingerprint density at radius 2 is 2.05 bits per heavy atom. The van der Waals surface area contributed by atoms with Crippen molar-refractivity contribution in [1.82, 2.24) is 10.3 Å². The van der Waals surface area contributed by atoms with Gasteiger partial charge in [0.05, 0.1) is 6.20 Å². The van der Waals surface area contributed by atoms with Crippen LogP contribution in [0.1, 0.15) is 18.4 Å². The zero-order valence-corrected chi connectivity index (χ0v) is 11.8. The van der Waals surface area contributed by atoms with Crippen molar-refractivity contribution in [3.8, 4) is 0 Å². The Balaban J connectivity index is 1.88. The van der Waals surface area contributed by atoms with Gasteiger partial charge in [0.25, 0.3) is 0 Å². The van der Waals surface area contributed by atoms with Crippen LogP contribution >= 0.6 is 0 Å². The molecule has 2 aromatic rings. The molecule has 1 aliphatic carbocycles. The number of pyridine rings is 1. The van der Waals surface area contributed by atoms with E-state index >= 15 is 0 Å². The van der Waals surface area contributed by atoms with E-state index in [9.17, 15) is 8.78 Å². The Morgan fingerprint density at radius 1 is 1.24 bits per heavy atom. The van der Waals surface area contributed by atoms with Gasteiger partial charge in [-0.25, -0.2) is 13.8 Å². The molecular weight excluding hydrogens is 272 g/mol. The second-order valence-corrected chi connectivity index (χ2v) is 5.33. The summed E-state index contributed by atoms with van der Waals surface area (Å²) >= 11 is 0. The second-order valence-electron chi connectivity index (χ2n) is 5.33. The molecule has 5 heteroatoms. The van der Waals surface area contributed by atoms with Crippen LogP contribution in [-0.4, -0.2) is 18.1 Å². The molecule has 3 rings (SSSR count). The molecule has 1 fully saturated rings. The van der Waals surface area contributed by atoms with Gasteiger partial charge < -0.3 is 10.2 Å². The largest absolute Gasteiger partial charge is 0.329 e. The molecule has 0 aliphatic heterocycles. The molecule has 110 valence electrons. The van der Waals surface area contributed by atoms with E-state index in [2.05, 4.69) is 10.3 Å². The van der Waals surface area contributed by atoms with Crippen molar-refractivity contribution in [1.29, 1.82) is 0 Å². The predicted octanol–water partition coefficient (Wildman–Crippen LogP) is 3.38. The van der Waals surface area contributed by atoms with Gasteiger partial charge >= 0.3 is 0 Å².